The molecule has 1 aromatic carbocycles. The normalized spacial score (nSPS) is 12.5. The predicted octanol–water partition coefficient (Wildman–Crippen LogP) is 4.18. The summed E-state index contributed by atoms with van der Waals surface area (Å²) in [5, 5.41) is -0.631. The Labute approximate surface area is 121 Å². The fourth-order valence-electron chi connectivity index (χ4n) is 2.25. The van der Waals surface area contributed by atoms with E-state index in [0.29, 0.717) is 16.9 Å². The van der Waals surface area contributed by atoms with E-state index in [9.17, 15) is 13.6 Å². The molecule has 1 aromatic heterocycles. The van der Waals surface area contributed by atoms with Crippen LogP contribution in [0.3, 0.4) is 0 Å². The summed E-state index contributed by atoms with van der Waals surface area (Å²) in [5.74, 6) is -2.01. The van der Waals surface area contributed by atoms with Crippen molar-refractivity contribution >= 4 is 17.4 Å². The van der Waals surface area contributed by atoms with Crippen molar-refractivity contribution < 1.29 is 13.6 Å². The zero-order valence-electron chi connectivity index (χ0n) is 11.4. The van der Waals surface area contributed by atoms with E-state index >= 15 is 0 Å². The van der Waals surface area contributed by atoms with Crippen LogP contribution in [0.5, 0.6) is 0 Å². The molecule has 0 saturated heterocycles. The minimum absolute atomic E-state index is 0.186. The van der Waals surface area contributed by atoms with Crippen molar-refractivity contribution in [2.45, 2.75) is 26.1 Å². The Hall–Kier alpha value is -1.68. The molecule has 0 bridgehead atoms. The summed E-state index contributed by atoms with van der Waals surface area (Å²) in [6.07, 6.45) is 0. The third kappa shape index (κ3) is 2.48. The second kappa shape index (κ2) is 5.37. The highest BCUT2D eigenvalue weighted by Gasteiger charge is 2.20. The van der Waals surface area contributed by atoms with Crippen LogP contribution < -0.4 is 0 Å². The van der Waals surface area contributed by atoms with Gasteiger partial charge in [0, 0.05) is 28.7 Å². The highest BCUT2D eigenvalue weighted by molar-refractivity contribution is 6.33. The first-order chi connectivity index (χ1) is 9.32. The van der Waals surface area contributed by atoms with Gasteiger partial charge >= 0.3 is 0 Å². The Morgan fingerprint density at radius 3 is 2.40 bits per heavy atom. The SMILES string of the molecule is Cc1cc(C(=O)C(C)Cl)c(C)n1-c1ccc(F)c(F)c1. The number of rotatable bonds is 3. The van der Waals surface area contributed by atoms with E-state index in [1.54, 1.807) is 31.4 Å². The molecule has 2 rings (SSSR count). The molecule has 0 fully saturated rings. The van der Waals surface area contributed by atoms with Crippen LogP contribution >= 0.6 is 11.6 Å². The molecule has 0 aliphatic heterocycles. The number of Topliss-reactive ketones (excluding diaryl/α,β-unsaturated/α-hetero) is 1. The molecule has 0 spiro atoms. The molecule has 0 saturated carbocycles. The zero-order valence-corrected chi connectivity index (χ0v) is 12.1. The molecule has 1 atom stereocenters. The van der Waals surface area contributed by atoms with E-state index < -0.39 is 17.0 Å². The monoisotopic (exact) mass is 297 g/mol. The minimum atomic E-state index is -0.923. The molecule has 2 nitrogen and oxygen atoms in total. The molecular formula is C15H14ClF2NO. The van der Waals surface area contributed by atoms with E-state index in [2.05, 4.69) is 0 Å². The number of aryl methyl sites for hydroxylation is 1. The van der Waals surface area contributed by atoms with Crippen molar-refractivity contribution in [3.63, 3.8) is 0 Å². The fraction of sp³-hybridized carbons (Fsp3) is 0.267. The predicted molar refractivity (Wildman–Crippen MR) is 74.8 cm³/mol. The Bertz CT molecular complexity index is 677. The summed E-state index contributed by atoms with van der Waals surface area (Å²) in [6.45, 7) is 5.15. The number of benzene rings is 1. The summed E-state index contributed by atoms with van der Waals surface area (Å²) in [6, 6.07) is 5.34. The van der Waals surface area contributed by atoms with Crippen molar-refractivity contribution in [3.8, 4) is 5.69 Å². The van der Waals surface area contributed by atoms with E-state index in [0.717, 1.165) is 17.8 Å². The van der Waals surface area contributed by atoms with Crippen molar-refractivity contribution in [1.82, 2.24) is 4.57 Å². The second-order valence-corrected chi connectivity index (χ2v) is 5.35. The Morgan fingerprint density at radius 1 is 1.20 bits per heavy atom. The van der Waals surface area contributed by atoms with Crippen LogP contribution in [0.1, 0.15) is 28.7 Å². The maximum Gasteiger partial charge on any atom is 0.182 e. The Morgan fingerprint density at radius 2 is 1.85 bits per heavy atom. The van der Waals surface area contributed by atoms with Crippen LogP contribution in [0.4, 0.5) is 8.78 Å². The molecule has 5 heteroatoms. The van der Waals surface area contributed by atoms with Crippen molar-refractivity contribution in [1.29, 1.82) is 0 Å². The number of nitrogens with zero attached hydrogens (tertiary/aromatic N) is 1. The third-order valence-corrected chi connectivity index (χ3v) is 3.42. The van der Waals surface area contributed by atoms with Crippen LogP contribution in [0, 0.1) is 25.5 Å². The first kappa shape index (κ1) is 14.7. The summed E-state index contributed by atoms with van der Waals surface area (Å²) in [5.41, 5.74) is 2.38. The Kier molecular flexibility index (Phi) is 3.95. The van der Waals surface area contributed by atoms with Crippen molar-refractivity contribution in [2.24, 2.45) is 0 Å². The lowest BCUT2D eigenvalue weighted by molar-refractivity contribution is 0.0991. The second-order valence-electron chi connectivity index (χ2n) is 4.70. The number of carbonyl (C=O) groups excluding carboxylic acids is 1. The summed E-state index contributed by atoms with van der Waals surface area (Å²) in [7, 11) is 0. The molecule has 0 aliphatic carbocycles. The number of halogens is 3. The highest BCUT2D eigenvalue weighted by Crippen LogP contribution is 2.24. The Balaban J connectivity index is 2.58. The molecule has 1 heterocycles. The van der Waals surface area contributed by atoms with Gasteiger partial charge in [-0.05, 0) is 39.0 Å². The van der Waals surface area contributed by atoms with Gasteiger partial charge in [0.05, 0.1) is 5.38 Å². The minimum Gasteiger partial charge on any atom is -0.318 e. The number of aromatic nitrogens is 1. The largest absolute Gasteiger partial charge is 0.318 e. The fourth-order valence-corrected chi connectivity index (χ4v) is 2.37. The smallest absolute Gasteiger partial charge is 0.182 e. The maximum absolute atomic E-state index is 13.3. The quantitative estimate of drug-likeness (QED) is 0.615. The topological polar surface area (TPSA) is 22.0 Å². The molecule has 1 unspecified atom stereocenters. The average molecular weight is 298 g/mol. The van der Waals surface area contributed by atoms with E-state index in [4.69, 9.17) is 11.6 Å². The molecule has 0 amide bonds. The number of carbonyl (C=O) groups is 1. The van der Waals surface area contributed by atoms with Crippen LogP contribution in [-0.4, -0.2) is 15.7 Å². The van der Waals surface area contributed by atoms with Gasteiger partial charge in [0.2, 0.25) is 0 Å². The first-order valence-electron chi connectivity index (χ1n) is 6.15. The van der Waals surface area contributed by atoms with Gasteiger partial charge in [-0.15, -0.1) is 11.6 Å². The van der Waals surface area contributed by atoms with E-state index in [1.165, 1.54) is 6.07 Å². The zero-order chi connectivity index (χ0) is 15.0. The summed E-state index contributed by atoms with van der Waals surface area (Å²) in [4.78, 5) is 12.0. The lowest BCUT2D eigenvalue weighted by Gasteiger charge is -2.10. The van der Waals surface area contributed by atoms with E-state index in [1.807, 2.05) is 0 Å². The number of hydrogen-bond donors (Lipinski definition) is 0. The molecular weight excluding hydrogens is 284 g/mol. The van der Waals surface area contributed by atoms with E-state index in [-0.39, 0.29) is 5.78 Å². The molecule has 0 radical (unpaired) electrons. The summed E-state index contributed by atoms with van der Waals surface area (Å²) >= 11 is 5.82. The first-order valence-corrected chi connectivity index (χ1v) is 6.59. The molecule has 2 aromatic rings. The standard InChI is InChI=1S/C15H14ClF2NO/c1-8-6-12(15(20)9(2)16)10(3)19(8)11-4-5-13(17)14(18)7-11/h4-7,9H,1-3H3. The van der Waals surface area contributed by atoms with Crippen LogP contribution in [-0.2, 0) is 0 Å². The van der Waals surface area contributed by atoms with Crippen LogP contribution in [0.25, 0.3) is 5.69 Å². The number of alkyl halides is 1. The van der Waals surface area contributed by atoms with Gasteiger partial charge in [0.15, 0.2) is 17.4 Å². The van der Waals surface area contributed by atoms with Crippen LogP contribution in [0.2, 0.25) is 0 Å². The third-order valence-electron chi connectivity index (χ3n) is 3.22. The lowest BCUT2D eigenvalue weighted by atomic mass is 10.1. The van der Waals surface area contributed by atoms with Crippen molar-refractivity contribution in [2.75, 3.05) is 0 Å². The maximum atomic E-state index is 13.3. The van der Waals surface area contributed by atoms with Gasteiger partial charge < -0.3 is 4.57 Å². The number of ketones is 1. The highest BCUT2D eigenvalue weighted by atomic mass is 35.5. The summed E-state index contributed by atoms with van der Waals surface area (Å²) < 4.78 is 28.0. The van der Waals surface area contributed by atoms with Gasteiger partial charge in [0.1, 0.15) is 0 Å². The molecule has 20 heavy (non-hydrogen) atoms. The molecule has 0 aliphatic rings. The van der Waals surface area contributed by atoms with Gasteiger partial charge in [-0.1, -0.05) is 0 Å². The van der Waals surface area contributed by atoms with Gasteiger partial charge in [0.25, 0.3) is 0 Å². The van der Waals surface area contributed by atoms with Gasteiger partial charge in [-0.3, -0.25) is 4.79 Å². The molecule has 106 valence electrons. The lowest BCUT2D eigenvalue weighted by Crippen LogP contribution is -2.11. The van der Waals surface area contributed by atoms with Crippen molar-refractivity contribution in [3.05, 3.63) is 52.9 Å². The average Bonchev–Trinajstić information content (AvgIpc) is 2.67. The van der Waals surface area contributed by atoms with Crippen LogP contribution in [0.15, 0.2) is 24.3 Å². The number of hydrogen-bond acceptors (Lipinski definition) is 1. The van der Waals surface area contributed by atoms with Gasteiger partial charge in [-0.25, -0.2) is 8.78 Å². The van der Waals surface area contributed by atoms with Gasteiger partial charge in [-0.2, -0.15) is 0 Å². The molecule has 0 N–H and O–H groups in total.